The van der Waals surface area contributed by atoms with Gasteiger partial charge < -0.3 is 15.0 Å². The third kappa shape index (κ3) is 3.59. The lowest BCUT2D eigenvalue weighted by molar-refractivity contribution is 0.0589. The van der Waals surface area contributed by atoms with Gasteiger partial charge in [-0.05, 0) is 18.4 Å². The van der Waals surface area contributed by atoms with E-state index in [0.717, 1.165) is 36.3 Å². The van der Waals surface area contributed by atoms with Gasteiger partial charge in [0.05, 0.1) is 19.0 Å². The Labute approximate surface area is 178 Å². The Kier molecular flexibility index (Phi) is 4.78. The van der Waals surface area contributed by atoms with E-state index in [-0.39, 0.29) is 11.5 Å². The fraction of sp³-hybridized carbons (Fsp3) is 0.381. The molecule has 3 aromatic rings. The van der Waals surface area contributed by atoms with Crippen LogP contribution in [0, 0.1) is 5.92 Å². The van der Waals surface area contributed by atoms with Crippen molar-refractivity contribution in [1.29, 1.82) is 0 Å². The zero-order valence-electron chi connectivity index (χ0n) is 17.1. The van der Waals surface area contributed by atoms with E-state index >= 15 is 0 Å². The largest absolute Gasteiger partial charge is 0.464 e. The average molecular weight is 421 g/mol. The van der Waals surface area contributed by atoms with Crippen LogP contribution in [0.1, 0.15) is 34.1 Å². The third-order valence-electron chi connectivity index (χ3n) is 6.12. The molecule has 160 valence electrons. The summed E-state index contributed by atoms with van der Waals surface area (Å²) in [5, 5.41) is 6.74. The number of carbonyl (C=O) groups excluding carboxylic acids is 1. The maximum atomic E-state index is 12.9. The van der Waals surface area contributed by atoms with Gasteiger partial charge in [0.2, 0.25) is 0 Å². The van der Waals surface area contributed by atoms with Crippen LogP contribution < -0.4 is 11.3 Å². The summed E-state index contributed by atoms with van der Waals surface area (Å²) in [4.78, 5) is 35.4. The zero-order chi connectivity index (χ0) is 21.5. The Hall–Kier alpha value is -3.53. The van der Waals surface area contributed by atoms with Gasteiger partial charge in [-0.15, -0.1) is 0 Å². The Balaban J connectivity index is 1.44. The number of anilines is 1. The van der Waals surface area contributed by atoms with Crippen LogP contribution in [0.3, 0.4) is 0 Å². The molecule has 1 saturated heterocycles. The van der Waals surface area contributed by atoms with Gasteiger partial charge in [0.1, 0.15) is 17.8 Å². The number of carbonyl (C=O) groups is 1. The van der Waals surface area contributed by atoms with Gasteiger partial charge in [0.15, 0.2) is 0 Å². The molecule has 2 bridgehead atoms. The highest BCUT2D eigenvalue weighted by atomic mass is 16.5. The first kappa shape index (κ1) is 19.4. The van der Waals surface area contributed by atoms with Crippen LogP contribution in [-0.4, -0.2) is 55.8 Å². The van der Waals surface area contributed by atoms with Gasteiger partial charge in [-0.1, -0.05) is 0 Å². The summed E-state index contributed by atoms with van der Waals surface area (Å²) in [6.45, 7) is 2.93. The summed E-state index contributed by atoms with van der Waals surface area (Å²) < 4.78 is 6.73. The molecule has 0 spiro atoms. The lowest BCUT2D eigenvalue weighted by Gasteiger charge is -2.43. The van der Waals surface area contributed by atoms with Gasteiger partial charge in [-0.2, -0.15) is 5.10 Å². The monoisotopic (exact) mass is 421 g/mol. The molecule has 5 heterocycles. The Morgan fingerprint density at radius 3 is 2.94 bits per heavy atom. The molecule has 0 aliphatic carbocycles. The summed E-state index contributed by atoms with van der Waals surface area (Å²) in [6.07, 6.45) is 4.11. The van der Waals surface area contributed by atoms with Crippen molar-refractivity contribution in [2.45, 2.75) is 25.4 Å². The Bertz CT molecular complexity index is 1200. The molecule has 0 amide bonds. The molecule has 31 heavy (non-hydrogen) atoms. The first-order chi connectivity index (χ1) is 15.0. The second-order valence-corrected chi connectivity index (χ2v) is 8.20. The number of ether oxygens (including phenoxy) is 1. The smallest absolute Gasteiger partial charge is 0.356 e. The summed E-state index contributed by atoms with van der Waals surface area (Å²) in [5.41, 5.74) is 9.39. The number of aromatic amines is 1. The predicted molar refractivity (Wildman–Crippen MR) is 112 cm³/mol. The summed E-state index contributed by atoms with van der Waals surface area (Å²) >= 11 is 0. The van der Waals surface area contributed by atoms with Gasteiger partial charge in [0.25, 0.3) is 5.56 Å². The van der Waals surface area contributed by atoms with Gasteiger partial charge in [-0.3, -0.25) is 14.8 Å². The molecule has 0 aromatic carbocycles. The molecule has 0 radical (unpaired) electrons. The number of nitrogens with two attached hydrogens (primary N) is 1. The number of nitrogens with zero attached hydrogens (tertiary/aromatic N) is 5. The SMILES string of the molecule is COC(=O)c1[nH]ncc1CN1C[C@@H]2C[C@H](C1)c1cc(-c3cc(N)ncn3)cc(=O)n1C2. The molecule has 2 aliphatic rings. The number of nitrogens with one attached hydrogen (secondary N) is 1. The normalized spacial score (nSPS) is 20.3. The lowest BCUT2D eigenvalue weighted by atomic mass is 9.82. The molecule has 2 atom stereocenters. The van der Waals surface area contributed by atoms with Gasteiger partial charge >= 0.3 is 5.97 Å². The number of nitrogen functional groups attached to an aromatic ring is 1. The van der Waals surface area contributed by atoms with E-state index in [1.807, 2.05) is 10.6 Å². The van der Waals surface area contributed by atoms with E-state index in [2.05, 4.69) is 25.1 Å². The topological polar surface area (TPSA) is 132 Å². The number of pyridine rings is 1. The number of piperidine rings is 1. The second-order valence-electron chi connectivity index (χ2n) is 8.20. The minimum Gasteiger partial charge on any atom is -0.464 e. The van der Waals surface area contributed by atoms with Crippen molar-refractivity contribution >= 4 is 11.8 Å². The Morgan fingerprint density at radius 1 is 1.26 bits per heavy atom. The van der Waals surface area contributed by atoms with E-state index in [0.29, 0.717) is 36.2 Å². The molecule has 0 saturated carbocycles. The minimum atomic E-state index is -0.421. The summed E-state index contributed by atoms with van der Waals surface area (Å²) in [5.74, 6) is 0.536. The summed E-state index contributed by atoms with van der Waals surface area (Å²) in [7, 11) is 1.36. The molecule has 10 heteroatoms. The molecule has 0 unspecified atom stereocenters. The number of fused-ring (bicyclic) bond motifs is 4. The first-order valence-electron chi connectivity index (χ1n) is 10.2. The number of hydrogen-bond acceptors (Lipinski definition) is 8. The van der Waals surface area contributed by atoms with Crippen molar-refractivity contribution in [2.75, 3.05) is 25.9 Å². The van der Waals surface area contributed by atoms with Crippen LogP contribution in [0.4, 0.5) is 5.82 Å². The van der Waals surface area contributed by atoms with Gasteiger partial charge in [-0.25, -0.2) is 14.8 Å². The molecule has 2 aliphatic heterocycles. The van der Waals surface area contributed by atoms with Crippen molar-refractivity contribution in [2.24, 2.45) is 5.92 Å². The molecule has 3 N–H and O–H groups in total. The highest BCUT2D eigenvalue weighted by molar-refractivity contribution is 5.88. The lowest BCUT2D eigenvalue weighted by Crippen LogP contribution is -2.46. The van der Waals surface area contributed by atoms with Crippen LogP contribution in [-0.2, 0) is 17.8 Å². The molecule has 5 rings (SSSR count). The molecular weight excluding hydrogens is 398 g/mol. The van der Waals surface area contributed by atoms with Crippen molar-refractivity contribution in [3.8, 4) is 11.3 Å². The fourth-order valence-corrected chi connectivity index (χ4v) is 4.82. The number of rotatable bonds is 4. The van der Waals surface area contributed by atoms with Gasteiger partial charge in [0, 0.05) is 61.1 Å². The van der Waals surface area contributed by atoms with Crippen molar-refractivity contribution in [3.63, 3.8) is 0 Å². The molecular formula is C21H23N7O3. The minimum absolute atomic E-state index is 0.0179. The highest BCUT2D eigenvalue weighted by Crippen LogP contribution is 2.37. The van der Waals surface area contributed by atoms with Crippen molar-refractivity contribution in [1.82, 2.24) is 29.6 Å². The number of aromatic nitrogens is 5. The number of esters is 1. The first-order valence-corrected chi connectivity index (χ1v) is 10.2. The van der Waals surface area contributed by atoms with Crippen LogP contribution in [0.2, 0.25) is 0 Å². The van der Waals surface area contributed by atoms with Crippen LogP contribution >= 0.6 is 0 Å². The zero-order valence-corrected chi connectivity index (χ0v) is 17.1. The Morgan fingerprint density at radius 2 is 2.13 bits per heavy atom. The quantitative estimate of drug-likeness (QED) is 0.597. The number of H-pyrrole nitrogens is 1. The third-order valence-corrected chi connectivity index (χ3v) is 6.12. The highest BCUT2D eigenvalue weighted by Gasteiger charge is 2.35. The number of hydrogen-bond donors (Lipinski definition) is 2. The number of methoxy groups -OCH3 is 1. The van der Waals surface area contributed by atoms with Crippen LogP contribution in [0.5, 0.6) is 0 Å². The summed E-state index contributed by atoms with van der Waals surface area (Å²) in [6, 6.07) is 5.35. The standard InChI is InChI=1S/C21H23N7O3/c1-31-21(30)20-15(6-25-26-20)10-27-7-12-2-14(9-27)17-3-13(4-19(29)28(17)8-12)16-5-18(22)24-11-23-16/h3-6,11-12,14H,2,7-10H2,1H3,(H,25,26)(H2,22,23,24)/t12-,14+/m0/s1. The molecule has 1 fully saturated rings. The van der Waals surface area contributed by atoms with Crippen LogP contribution in [0.25, 0.3) is 11.3 Å². The number of likely N-dealkylation sites (tertiary alicyclic amines) is 1. The van der Waals surface area contributed by atoms with E-state index < -0.39 is 5.97 Å². The predicted octanol–water partition coefficient (Wildman–Crippen LogP) is 1.02. The van der Waals surface area contributed by atoms with Crippen molar-refractivity contribution < 1.29 is 9.53 Å². The van der Waals surface area contributed by atoms with Crippen molar-refractivity contribution in [3.05, 3.63) is 58.0 Å². The van der Waals surface area contributed by atoms with E-state index in [1.165, 1.54) is 13.4 Å². The average Bonchev–Trinajstić information content (AvgIpc) is 3.22. The second kappa shape index (κ2) is 7.62. The fourth-order valence-electron chi connectivity index (χ4n) is 4.82. The van der Waals surface area contributed by atoms with E-state index in [4.69, 9.17) is 10.5 Å². The van der Waals surface area contributed by atoms with Crippen LogP contribution in [0.15, 0.2) is 35.5 Å². The maximum Gasteiger partial charge on any atom is 0.356 e. The molecule has 3 aromatic heterocycles. The van der Waals surface area contributed by atoms with E-state index in [9.17, 15) is 9.59 Å². The maximum absolute atomic E-state index is 12.9. The molecule has 10 nitrogen and oxygen atoms in total. The van der Waals surface area contributed by atoms with E-state index in [1.54, 1.807) is 18.3 Å².